The highest BCUT2D eigenvalue weighted by molar-refractivity contribution is 5.94. The molecule has 0 unspecified atom stereocenters. The number of pyridine rings is 1. The summed E-state index contributed by atoms with van der Waals surface area (Å²) in [5.74, 6) is 0.875. The average Bonchev–Trinajstić information content (AvgIpc) is 3.22. The number of rotatable bonds is 5. The fraction of sp³-hybridized carbons (Fsp3) is 0.286. The molecule has 0 radical (unpaired) electrons. The Labute approximate surface area is 158 Å². The van der Waals surface area contributed by atoms with Crippen LogP contribution in [0.5, 0.6) is 5.75 Å². The van der Waals surface area contributed by atoms with E-state index in [1.54, 1.807) is 24.9 Å². The van der Waals surface area contributed by atoms with E-state index < -0.39 is 0 Å². The van der Waals surface area contributed by atoms with Crippen LogP contribution in [-0.2, 0) is 6.54 Å². The van der Waals surface area contributed by atoms with Gasteiger partial charge in [-0.25, -0.2) is 4.98 Å². The van der Waals surface area contributed by atoms with Crippen LogP contribution in [0.2, 0.25) is 0 Å². The second kappa shape index (κ2) is 8.03. The third-order valence-corrected chi connectivity index (χ3v) is 4.79. The van der Waals surface area contributed by atoms with E-state index in [0.29, 0.717) is 13.1 Å². The molecule has 3 aromatic rings. The molecular weight excluding hydrogens is 340 g/mol. The molecule has 6 heteroatoms. The summed E-state index contributed by atoms with van der Waals surface area (Å²) in [6, 6.07) is 11.6. The van der Waals surface area contributed by atoms with Gasteiger partial charge in [0.2, 0.25) is 0 Å². The number of ether oxygens (including phenoxy) is 1. The van der Waals surface area contributed by atoms with Crippen molar-refractivity contribution in [2.24, 2.45) is 0 Å². The monoisotopic (exact) mass is 362 g/mol. The third kappa shape index (κ3) is 4.34. The molecule has 2 aromatic heterocycles. The summed E-state index contributed by atoms with van der Waals surface area (Å²) in [7, 11) is 0. The van der Waals surface area contributed by atoms with Crippen LogP contribution in [0.4, 0.5) is 0 Å². The van der Waals surface area contributed by atoms with Gasteiger partial charge in [0, 0.05) is 56.6 Å². The van der Waals surface area contributed by atoms with Gasteiger partial charge in [0.05, 0.1) is 12.5 Å². The summed E-state index contributed by atoms with van der Waals surface area (Å²) >= 11 is 0. The lowest BCUT2D eigenvalue weighted by atomic mass is 10.1. The van der Waals surface area contributed by atoms with Gasteiger partial charge < -0.3 is 14.2 Å². The van der Waals surface area contributed by atoms with Gasteiger partial charge in [-0.15, -0.1) is 0 Å². The highest BCUT2D eigenvalue weighted by Gasteiger charge is 2.24. The van der Waals surface area contributed by atoms with Gasteiger partial charge in [0.25, 0.3) is 5.91 Å². The number of piperidine rings is 1. The zero-order valence-electron chi connectivity index (χ0n) is 15.1. The van der Waals surface area contributed by atoms with Gasteiger partial charge in [-0.1, -0.05) is 12.1 Å². The number of amides is 1. The summed E-state index contributed by atoms with van der Waals surface area (Å²) in [4.78, 5) is 22.8. The topological polar surface area (TPSA) is 60.2 Å². The van der Waals surface area contributed by atoms with Crippen LogP contribution in [0.1, 0.15) is 28.8 Å². The molecular formula is C21H22N4O2. The van der Waals surface area contributed by atoms with Gasteiger partial charge in [0.1, 0.15) is 11.9 Å². The van der Waals surface area contributed by atoms with Crippen LogP contribution in [0.3, 0.4) is 0 Å². The van der Waals surface area contributed by atoms with Gasteiger partial charge in [-0.3, -0.25) is 9.78 Å². The molecule has 0 spiro atoms. The molecule has 3 heterocycles. The summed E-state index contributed by atoms with van der Waals surface area (Å²) in [5.41, 5.74) is 1.88. The minimum absolute atomic E-state index is 0.0870. The largest absolute Gasteiger partial charge is 0.489 e. The fourth-order valence-corrected chi connectivity index (χ4v) is 3.31. The van der Waals surface area contributed by atoms with Crippen LogP contribution in [-0.4, -0.2) is 44.5 Å². The van der Waals surface area contributed by atoms with Crippen LogP contribution in [0.15, 0.2) is 67.5 Å². The Hall–Kier alpha value is -3.15. The van der Waals surface area contributed by atoms with Crippen molar-refractivity contribution in [3.63, 3.8) is 0 Å². The van der Waals surface area contributed by atoms with Crippen molar-refractivity contribution in [3.8, 4) is 5.75 Å². The lowest BCUT2D eigenvalue weighted by Crippen LogP contribution is -2.41. The number of aromatic nitrogens is 3. The Bertz CT molecular complexity index is 855. The lowest BCUT2D eigenvalue weighted by Gasteiger charge is -2.32. The van der Waals surface area contributed by atoms with Crippen molar-refractivity contribution in [1.82, 2.24) is 19.4 Å². The highest BCUT2D eigenvalue weighted by atomic mass is 16.5. The number of carbonyl (C=O) groups excluding carboxylic acids is 1. The molecule has 0 N–H and O–H groups in total. The molecule has 0 atom stereocenters. The predicted molar refractivity (Wildman–Crippen MR) is 102 cm³/mol. The Kier molecular flexibility index (Phi) is 5.14. The molecule has 0 saturated carbocycles. The summed E-state index contributed by atoms with van der Waals surface area (Å²) in [6.07, 6.45) is 10.7. The Balaban J connectivity index is 1.31. The van der Waals surface area contributed by atoms with Crippen LogP contribution < -0.4 is 4.74 Å². The molecule has 4 rings (SSSR count). The van der Waals surface area contributed by atoms with E-state index in [0.717, 1.165) is 36.3 Å². The number of likely N-dealkylation sites (tertiary alicyclic amines) is 1. The van der Waals surface area contributed by atoms with Crippen molar-refractivity contribution < 1.29 is 9.53 Å². The summed E-state index contributed by atoms with van der Waals surface area (Å²) < 4.78 is 7.95. The third-order valence-electron chi connectivity index (χ3n) is 4.79. The average molecular weight is 362 g/mol. The first-order valence-electron chi connectivity index (χ1n) is 9.18. The van der Waals surface area contributed by atoms with Gasteiger partial charge in [-0.2, -0.15) is 0 Å². The van der Waals surface area contributed by atoms with Gasteiger partial charge in [-0.05, 0) is 29.8 Å². The van der Waals surface area contributed by atoms with Gasteiger partial charge in [0.15, 0.2) is 0 Å². The first-order valence-corrected chi connectivity index (χ1v) is 9.18. The minimum Gasteiger partial charge on any atom is -0.489 e. The molecule has 0 bridgehead atoms. The van der Waals surface area contributed by atoms with E-state index in [2.05, 4.69) is 9.97 Å². The summed E-state index contributed by atoms with van der Waals surface area (Å²) in [6.45, 7) is 2.17. The maximum atomic E-state index is 12.8. The van der Waals surface area contributed by atoms with E-state index in [1.165, 1.54) is 0 Å². The van der Waals surface area contributed by atoms with Crippen LogP contribution in [0.25, 0.3) is 0 Å². The second-order valence-corrected chi connectivity index (χ2v) is 6.73. The molecule has 1 aliphatic rings. The van der Waals surface area contributed by atoms with Gasteiger partial charge >= 0.3 is 0 Å². The van der Waals surface area contributed by atoms with Crippen molar-refractivity contribution in [2.75, 3.05) is 13.1 Å². The first kappa shape index (κ1) is 17.3. The fourth-order valence-electron chi connectivity index (χ4n) is 3.31. The Morgan fingerprint density at radius 1 is 1.07 bits per heavy atom. The maximum Gasteiger partial charge on any atom is 0.253 e. The Morgan fingerprint density at radius 3 is 2.56 bits per heavy atom. The number of benzene rings is 1. The highest BCUT2D eigenvalue weighted by Crippen LogP contribution is 2.19. The first-order chi connectivity index (χ1) is 13.3. The van der Waals surface area contributed by atoms with E-state index >= 15 is 0 Å². The molecule has 6 nitrogen and oxygen atoms in total. The molecule has 1 amide bonds. The smallest absolute Gasteiger partial charge is 0.253 e. The summed E-state index contributed by atoms with van der Waals surface area (Å²) in [5, 5.41) is 0. The normalized spacial score (nSPS) is 14.9. The predicted octanol–water partition coefficient (Wildman–Crippen LogP) is 3.01. The van der Waals surface area contributed by atoms with Crippen molar-refractivity contribution in [3.05, 3.63) is 78.6 Å². The molecule has 1 saturated heterocycles. The van der Waals surface area contributed by atoms with Crippen LogP contribution in [0, 0.1) is 0 Å². The molecule has 1 aromatic carbocycles. The molecule has 1 fully saturated rings. The van der Waals surface area contributed by atoms with E-state index in [1.807, 2.05) is 52.1 Å². The van der Waals surface area contributed by atoms with Crippen molar-refractivity contribution in [2.45, 2.75) is 25.5 Å². The zero-order chi connectivity index (χ0) is 18.5. The number of hydrogen-bond donors (Lipinski definition) is 0. The maximum absolute atomic E-state index is 12.8. The zero-order valence-corrected chi connectivity index (χ0v) is 15.1. The number of imidazole rings is 1. The van der Waals surface area contributed by atoms with E-state index in [-0.39, 0.29) is 12.0 Å². The van der Waals surface area contributed by atoms with Crippen molar-refractivity contribution in [1.29, 1.82) is 0 Å². The molecule has 138 valence electrons. The van der Waals surface area contributed by atoms with Crippen molar-refractivity contribution >= 4 is 5.91 Å². The van der Waals surface area contributed by atoms with Crippen LogP contribution >= 0.6 is 0 Å². The number of nitrogens with zero attached hydrogens (tertiary/aromatic N) is 4. The molecule has 27 heavy (non-hydrogen) atoms. The van der Waals surface area contributed by atoms with E-state index in [4.69, 9.17) is 4.74 Å². The number of hydrogen-bond acceptors (Lipinski definition) is 4. The van der Waals surface area contributed by atoms with E-state index in [9.17, 15) is 4.79 Å². The lowest BCUT2D eigenvalue weighted by molar-refractivity contribution is 0.0595. The Morgan fingerprint density at radius 2 is 1.89 bits per heavy atom. The molecule has 1 aliphatic heterocycles. The quantitative estimate of drug-likeness (QED) is 0.700. The second-order valence-electron chi connectivity index (χ2n) is 6.73. The molecule has 0 aliphatic carbocycles. The minimum atomic E-state index is 0.0870. The SMILES string of the molecule is O=C(c1ccc(Cn2ccnc2)cc1)N1CCC(Oc2cccnc2)CC1. The number of carbonyl (C=O) groups is 1. The standard InChI is InChI=1S/C21H22N4O2/c26-21(18-5-3-17(4-6-18)15-24-13-10-23-16-24)25-11-7-19(8-12-25)27-20-2-1-9-22-14-20/h1-6,9-10,13-14,16,19H,7-8,11-12,15H2.